The first-order valence-corrected chi connectivity index (χ1v) is 6.84. The van der Waals surface area contributed by atoms with Crippen LogP contribution in [0.3, 0.4) is 0 Å². The van der Waals surface area contributed by atoms with Gasteiger partial charge >= 0.3 is 0 Å². The predicted molar refractivity (Wildman–Crippen MR) is 82.6 cm³/mol. The molecule has 0 aliphatic heterocycles. The molecule has 0 aromatic heterocycles. The van der Waals surface area contributed by atoms with E-state index in [4.69, 9.17) is 4.74 Å². The van der Waals surface area contributed by atoms with Crippen LogP contribution in [-0.4, -0.2) is 0 Å². The topological polar surface area (TPSA) is 9.23 Å². The van der Waals surface area contributed by atoms with E-state index in [1.165, 1.54) is 12.1 Å². The van der Waals surface area contributed by atoms with Crippen molar-refractivity contribution in [2.45, 2.75) is 6.61 Å². The summed E-state index contributed by atoms with van der Waals surface area (Å²) in [5, 5.41) is 0. The van der Waals surface area contributed by atoms with E-state index in [1.54, 1.807) is 6.07 Å². The van der Waals surface area contributed by atoms with E-state index in [0.29, 0.717) is 6.61 Å². The third-order valence-electron chi connectivity index (χ3n) is 3.26. The fourth-order valence-electron chi connectivity index (χ4n) is 2.24. The van der Waals surface area contributed by atoms with E-state index in [0.717, 1.165) is 22.4 Å². The van der Waals surface area contributed by atoms with Gasteiger partial charge in [-0.05, 0) is 29.3 Å². The SMILES string of the molecule is Fc1cccc(COc2ccccc2-c2ccccc2)c1. The van der Waals surface area contributed by atoms with Crippen molar-refractivity contribution >= 4 is 0 Å². The summed E-state index contributed by atoms with van der Waals surface area (Å²) in [7, 11) is 0. The molecule has 0 saturated carbocycles. The molecular formula is C19H15FO. The lowest BCUT2D eigenvalue weighted by molar-refractivity contribution is 0.307. The largest absolute Gasteiger partial charge is 0.488 e. The number of hydrogen-bond acceptors (Lipinski definition) is 1. The predicted octanol–water partition coefficient (Wildman–Crippen LogP) is 5.07. The average molecular weight is 278 g/mol. The van der Waals surface area contributed by atoms with E-state index in [9.17, 15) is 4.39 Å². The summed E-state index contributed by atoms with van der Waals surface area (Å²) in [6, 6.07) is 24.4. The van der Waals surface area contributed by atoms with Gasteiger partial charge in [0.15, 0.2) is 0 Å². The molecule has 0 saturated heterocycles. The normalized spacial score (nSPS) is 10.3. The van der Waals surface area contributed by atoms with Crippen LogP contribution in [0.5, 0.6) is 5.75 Å². The molecule has 2 heteroatoms. The van der Waals surface area contributed by atoms with Gasteiger partial charge in [0.25, 0.3) is 0 Å². The standard InChI is InChI=1S/C19H15FO/c20-17-10-6-7-15(13-17)14-21-19-12-5-4-11-18(19)16-8-2-1-3-9-16/h1-13H,14H2. The maximum atomic E-state index is 13.2. The molecule has 3 aromatic rings. The van der Waals surface area contributed by atoms with Gasteiger partial charge in [0.2, 0.25) is 0 Å². The molecule has 0 spiro atoms. The van der Waals surface area contributed by atoms with Gasteiger partial charge in [-0.2, -0.15) is 0 Å². The molecule has 0 aliphatic carbocycles. The van der Waals surface area contributed by atoms with E-state index in [2.05, 4.69) is 0 Å². The summed E-state index contributed by atoms with van der Waals surface area (Å²) in [5.41, 5.74) is 2.96. The molecule has 0 bridgehead atoms. The third-order valence-corrected chi connectivity index (χ3v) is 3.26. The van der Waals surface area contributed by atoms with Crippen molar-refractivity contribution < 1.29 is 9.13 Å². The van der Waals surface area contributed by atoms with E-state index >= 15 is 0 Å². The van der Waals surface area contributed by atoms with Crippen molar-refractivity contribution in [2.24, 2.45) is 0 Å². The Morgan fingerprint density at radius 2 is 1.52 bits per heavy atom. The Morgan fingerprint density at radius 1 is 0.762 bits per heavy atom. The molecule has 0 unspecified atom stereocenters. The van der Waals surface area contributed by atoms with Gasteiger partial charge < -0.3 is 4.74 Å². The molecule has 3 aromatic carbocycles. The van der Waals surface area contributed by atoms with E-state index < -0.39 is 0 Å². The number of benzene rings is 3. The third kappa shape index (κ3) is 3.29. The van der Waals surface area contributed by atoms with Crippen LogP contribution in [0.1, 0.15) is 5.56 Å². The van der Waals surface area contributed by atoms with Gasteiger partial charge in [-0.15, -0.1) is 0 Å². The van der Waals surface area contributed by atoms with E-state index in [1.807, 2.05) is 60.7 Å². The molecule has 1 nitrogen and oxygen atoms in total. The van der Waals surface area contributed by atoms with Crippen molar-refractivity contribution in [1.82, 2.24) is 0 Å². The van der Waals surface area contributed by atoms with Gasteiger partial charge in [-0.3, -0.25) is 0 Å². The smallest absolute Gasteiger partial charge is 0.127 e. The minimum Gasteiger partial charge on any atom is -0.488 e. The number of para-hydroxylation sites is 1. The second-order valence-corrected chi connectivity index (χ2v) is 4.78. The van der Waals surface area contributed by atoms with Gasteiger partial charge in [-0.1, -0.05) is 60.7 Å². The highest BCUT2D eigenvalue weighted by atomic mass is 19.1. The lowest BCUT2D eigenvalue weighted by atomic mass is 10.0. The second kappa shape index (κ2) is 6.23. The van der Waals surface area contributed by atoms with Crippen molar-refractivity contribution in [3.8, 4) is 16.9 Å². The molecule has 0 aliphatic rings. The van der Waals surface area contributed by atoms with Crippen molar-refractivity contribution in [3.63, 3.8) is 0 Å². The van der Waals surface area contributed by atoms with Gasteiger partial charge in [-0.25, -0.2) is 4.39 Å². The first-order chi connectivity index (χ1) is 10.3. The van der Waals surface area contributed by atoms with Gasteiger partial charge in [0, 0.05) is 5.56 Å². The van der Waals surface area contributed by atoms with Gasteiger partial charge in [0.05, 0.1) is 0 Å². The molecule has 104 valence electrons. The lowest BCUT2D eigenvalue weighted by Gasteiger charge is -2.11. The summed E-state index contributed by atoms with van der Waals surface area (Å²) in [5.74, 6) is 0.556. The maximum Gasteiger partial charge on any atom is 0.127 e. The molecule has 0 radical (unpaired) electrons. The van der Waals surface area contributed by atoms with Crippen molar-refractivity contribution in [2.75, 3.05) is 0 Å². The van der Waals surface area contributed by atoms with Crippen LogP contribution in [0, 0.1) is 5.82 Å². The monoisotopic (exact) mass is 278 g/mol. The summed E-state index contributed by atoms with van der Waals surface area (Å²) in [6.07, 6.45) is 0. The Labute approximate surface area is 123 Å². The number of ether oxygens (including phenoxy) is 1. The molecule has 0 amide bonds. The Bertz CT molecular complexity index is 722. The Balaban J connectivity index is 1.83. The lowest BCUT2D eigenvalue weighted by Crippen LogP contribution is -1.97. The Morgan fingerprint density at radius 3 is 2.33 bits per heavy atom. The van der Waals surface area contributed by atoms with E-state index in [-0.39, 0.29) is 5.82 Å². The number of hydrogen-bond donors (Lipinski definition) is 0. The molecule has 0 N–H and O–H groups in total. The summed E-state index contributed by atoms with van der Waals surface area (Å²) < 4.78 is 19.0. The first-order valence-electron chi connectivity index (χ1n) is 6.84. The number of halogens is 1. The molecule has 21 heavy (non-hydrogen) atoms. The summed E-state index contributed by atoms with van der Waals surface area (Å²) >= 11 is 0. The van der Waals surface area contributed by atoms with Crippen LogP contribution in [-0.2, 0) is 6.61 Å². The maximum absolute atomic E-state index is 13.2. The van der Waals surface area contributed by atoms with Crippen molar-refractivity contribution in [1.29, 1.82) is 0 Å². The quantitative estimate of drug-likeness (QED) is 0.647. The summed E-state index contributed by atoms with van der Waals surface area (Å²) in [6.45, 7) is 0.349. The molecule has 0 fully saturated rings. The number of rotatable bonds is 4. The second-order valence-electron chi connectivity index (χ2n) is 4.78. The van der Waals surface area contributed by atoms with Crippen LogP contribution >= 0.6 is 0 Å². The minimum absolute atomic E-state index is 0.243. The van der Waals surface area contributed by atoms with Crippen molar-refractivity contribution in [3.05, 3.63) is 90.2 Å². The summed E-state index contributed by atoms with van der Waals surface area (Å²) in [4.78, 5) is 0. The zero-order valence-corrected chi connectivity index (χ0v) is 11.5. The first kappa shape index (κ1) is 13.4. The molecule has 3 rings (SSSR count). The van der Waals surface area contributed by atoms with Crippen LogP contribution < -0.4 is 4.74 Å². The van der Waals surface area contributed by atoms with Crippen LogP contribution in [0.4, 0.5) is 4.39 Å². The highest BCUT2D eigenvalue weighted by Crippen LogP contribution is 2.30. The zero-order valence-electron chi connectivity index (χ0n) is 11.5. The highest BCUT2D eigenvalue weighted by molar-refractivity contribution is 5.70. The zero-order chi connectivity index (χ0) is 14.5. The minimum atomic E-state index is -0.243. The molecule has 0 heterocycles. The molecular weight excluding hydrogens is 263 g/mol. The highest BCUT2D eigenvalue weighted by Gasteiger charge is 2.05. The fraction of sp³-hybridized carbons (Fsp3) is 0.0526. The van der Waals surface area contributed by atoms with Gasteiger partial charge in [0.1, 0.15) is 18.2 Å². The van der Waals surface area contributed by atoms with Crippen LogP contribution in [0.2, 0.25) is 0 Å². The Kier molecular flexibility index (Phi) is 3.97. The van der Waals surface area contributed by atoms with Crippen LogP contribution in [0.15, 0.2) is 78.9 Å². The Hall–Kier alpha value is -2.61. The fourth-order valence-corrected chi connectivity index (χ4v) is 2.24. The van der Waals surface area contributed by atoms with Crippen LogP contribution in [0.25, 0.3) is 11.1 Å². The average Bonchev–Trinajstić information content (AvgIpc) is 2.54. The molecule has 0 atom stereocenters.